The summed E-state index contributed by atoms with van der Waals surface area (Å²) in [6.07, 6.45) is 7.95. The second-order valence-electron chi connectivity index (χ2n) is 6.08. The Morgan fingerprint density at radius 3 is 3.10 bits per heavy atom. The molecule has 0 bridgehead atoms. The molecule has 1 N–H and O–H groups in total. The van der Waals surface area contributed by atoms with E-state index in [1.54, 1.807) is 0 Å². The summed E-state index contributed by atoms with van der Waals surface area (Å²) >= 11 is 0. The highest BCUT2D eigenvalue weighted by Gasteiger charge is 2.25. The van der Waals surface area contributed by atoms with E-state index >= 15 is 0 Å². The molecule has 0 spiro atoms. The van der Waals surface area contributed by atoms with Gasteiger partial charge in [-0.1, -0.05) is 0 Å². The third kappa shape index (κ3) is 2.56. The smallest absolute Gasteiger partial charge is 0.160 e. The van der Waals surface area contributed by atoms with Crippen molar-refractivity contribution in [3.05, 3.63) is 24.2 Å². The summed E-state index contributed by atoms with van der Waals surface area (Å²) in [5.74, 6) is 1.07. The molecule has 2 fully saturated rings. The lowest BCUT2D eigenvalue weighted by molar-refractivity contribution is 0.00742. The SMILES string of the molecule is c1cnc2c(c1)nc(C1CCCCO1)n2CC1CCCN1. The highest BCUT2D eigenvalue weighted by Crippen LogP contribution is 2.30. The van der Waals surface area contributed by atoms with Gasteiger partial charge in [0.25, 0.3) is 0 Å². The molecule has 0 radical (unpaired) electrons. The molecular weight excluding hydrogens is 264 g/mol. The van der Waals surface area contributed by atoms with E-state index in [1.807, 2.05) is 18.3 Å². The van der Waals surface area contributed by atoms with Crippen molar-refractivity contribution in [2.45, 2.75) is 50.8 Å². The van der Waals surface area contributed by atoms with Crippen LogP contribution in [0.1, 0.15) is 44.0 Å². The van der Waals surface area contributed by atoms with Crippen molar-refractivity contribution in [1.29, 1.82) is 0 Å². The highest BCUT2D eigenvalue weighted by atomic mass is 16.5. The maximum atomic E-state index is 5.97. The Kier molecular flexibility index (Phi) is 3.61. The van der Waals surface area contributed by atoms with E-state index in [4.69, 9.17) is 9.72 Å². The maximum Gasteiger partial charge on any atom is 0.160 e. The van der Waals surface area contributed by atoms with Gasteiger partial charge in [-0.2, -0.15) is 0 Å². The fourth-order valence-electron chi connectivity index (χ4n) is 3.48. The first-order valence-corrected chi connectivity index (χ1v) is 8.08. The van der Waals surface area contributed by atoms with Crippen LogP contribution in [-0.2, 0) is 11.3 Å². The van der Waals surface area contributed by atoms with Gasteiger partial charge in [0.15, 0.2) is 5.65 Å². The Labute approximate surface area is 124 Å². The number of hydrogen-bond donors (Lipinski definition) is 1. The molecule has 0 aromatic carbocycles. The van der Waals surface area contributed by atoms with Gasteiger partial charge in [0.1, 0.15) is 17.4 Å². The minimum atomic E-state index is 0.134. The zero-order valence-electron chi connectivity index (χ0n) is 12.3. The van der Waals surface area contributed by atoms with E-state index in [0.29, 0.717) is 6.04 Å². The van der Waals surface area contributed by atoms with E-state index in [0.717, 1.165) is 43.1 Å². The van der Waals surface area contributed by atoms with Crippen LogP contribution in [0, 0.1) is 0 Å². The summed E-state index contributed by atoms with van der Waals surface area (Å²) in [6, 6.07) is 4.54. The summed E-state index contributed by atoms with van der Waals surface area (Å²) in [6.45, 7) is 2.92. The van der Waals surface area contributed by atoms with Crippen LogP contribution >= 0.6 is 0 Å². The first-order chi connectivity index (χ1) is 10.4. The molecule has 2 aliphatic heterocycles. The summed E-state index contributed by atoms with van der Waals surface area (Å²) in [4.78, 5) is 9.38. The van der Waals surface area contributed by atoms with Gasteiger partial charge in [-0.05, 0) is 50.8 Å². The molecular formula is C16H22N4O. The van der Waals surface area contributed by atoms with Crippen molar-refractivity contribution in [3.8, 4) is 0 Å². The van der Waals surface area contributed by atoms with Crippen LogP contribution < -0.4 is 5.32 Å². The van der Waals surface area contributed by atoms with Gasteiger partial charge in [0.05, 0.1) is 0 Å². The Morgan fingerprint density at radius 1 is 1.29 bits per heavy atom. The van der Waals surface area contributed by atoms with Crippen molar-refractivity contribution in [1.82, 2.24) is 19.9 Å². The first kappa shape index (κ1) is 13.2. The van der Waals surface area contributed by atoms with Crippen LogP contribution in [0.4, 0.5) is 0 Å². The molecule has 2 unspecified atom stereocenters. The number of fused-ring (bicyclic) bond motifs is 1. The lowest BCUT2D eigenvalue weighted by Crippen LogP contribution is -2.28. The van der Waals surface area contributed by atoms with Crippen LogP contribution in [0.3, 0.4) is 0 Å². The molecule has 2 aliphatic rings. The predicted molar refractivity (Wildman–Crippen MR) is 81.1 cm³/mol. The van der Waals surface area contributed by atoms with E-state index < -0.39 is 0 Å². The fraction of sp³-hybridized carbons (Fsp3) is 0.625. The quantitative estimate of drug-likeness (QED) is 0.941. The summed E-state index contributed by atoms with van der Waals surface area (Å²) < 4.78 is 8.25. The molecule has 2 aromatic rings. The number of pyridine rings is 1. The largest absolute Gasteiger partial charge is 0.370 e. The van der Waals surface area contributed by atoms with Crippen molar-refractivity contribution in [3.63, 3.8) is 0 Å². The van der Waals surface area contributed by atoms with Crippen molar-refractivity contribution < 1.29 is 4.74 Å². The Bertz CT molecular complexity index is 612. The highest BCUT2D eigenvalue weighted by molar-refractivity contribution is 5.71. The van der Waals surface area contributed by atoms with Crippen LogP contribution in [0.25, 0.3) is 11.2 Å². The van der Waals surface area contributed by atoms with E-state index in [1.165, 1.54) is 25.7 Å². The topological polar surface area (TPSA) is 52.0 Å². The van der Waals surface area contributed by atoms with Gasteiger partial charge in [-0.15, -0.1) is 0 Å². The van der Waals surface area contributed by atoms with E-state index in [-0.39, 0.29) is 6.10 Å². The van der Waals surface area contributed by atoms with E-state index in [2.05, 4.69) is 14.9 Å². The number of nitrogens with one attached hydrogen (secondary N) is 1. The normalized spacial score (nSPS) is 26.5. The second kappa shape index (κ2) is 5.73. The zero-order chi connectivity index (χ0) is 14.1. The lowest BCUT2D eigenvalue weighted by Gasteiger charge is -2.24. The molecule has 0 aliphatic carbocycles. The van der Waals surface area contributed by atoms with Crippen molar-refractivity contribution in [2.24, 2.45) is 0 Å². The van der Waals surface area contributed by atoms with E-state index in [9.17, 15) is 0 Å². The number of rotatable bonds is 3. The van der Waals surface area contributed by atoms with Gasteiger partial charge < -0.3 is 14.6 Å². The second-order valence-corrected chi connectivity index (χ2v) is 6.08. The molecule has 0 amide bonds. The van der Waals surface area contributed by atoms with Gasteiger partial charge in [0.2, 0.25) is 0 Å². The first-order valence-electron chi connectivity index (χ1n) is 8.08. The van der Waals surface area contributed by atoms with Crippen LogP contribution in [0.15, 0.2) is 18.3 Å². The predicted octanol–water partition coefficient (Wildman–Crippen LogP) is 2.42. The minimum Gasteiger partial charge on any atom is -0.370 e. The third-order valence-corrected chi connectivity index (χ3v) is 4.57. The lowest BCUT2D eigenvalue weighted by atomic mass is 10.1. The Morgan fingerprint density at radius 2 is 2.29 bits per heavy atom. The molecule has 4 heterocycles. The Balaban J connectivity index is 1.72. The fourth-order valence-corrected chi connectivity index (χ4v) is 3.48. The van der Waals surface area contributed by atoms with Gasteiger partial charge in [0, 0.05) is 25.4 Å². The molecule has 2 saturated heterocycles. The molecule has 5 heteroatoms. The molecule has 112 valence electrons. The number of hydrogen-bond acceptors (Lipinski definition) is 4. The maximum absolute atomic E-state index is 5.97. The summed E-state index contributed by atoms with van der Waals surface area (Å²) in [5.41, 5.74) is 1.98. The minimum absolute atomic E-state index is 0.134. The summed E-state index contributed by atoms with van der Waals surface area (Å²) in [5, 5.41) is 3.57. The monoisotopic (exact) mass is 286 g/mol. The standard InChI is InChI=1S/C16H22N4O/c1-2-10-21-14(7-1)16-19-13-6-4-9-18-15(13)20(16)11-12-5-3-8-17-12/h4,6,9,12,14,17H,1-3,5,7-8,10-11H2. The molecule has 5 nitrogen and oxygen atoms in total. The number of nitrogens with zero attached hydrogens (tertiary/aromatic N) is 3. The number of ether oxygens (including phenoxy) is 1. The van der Waals surface area contributed by atoms with Gasteiger partial charge in [-0.3, -0.25) is 0 Å². The molecule has 21 heavy (non-hydrogen) atoms. The number of aromatic nitrogens is 3. The number of imidazole rings is 1. The zero-order valence-corrected chi connectivity index (χ0v) is 12.3. The van der Waals surface area contributed by atoms with Crippen molar-refractivity contribution >= 4 is 11.2 Å². The van der Waals surface area contributed by atoms with Crippen LogP contribution in [0.5, 0.6) is 0 Å². The van der Waals surface area contributed by atoms with Crippen molar-refractivity contribution in [2.75, 3.05) is 13.2 Å². The van der Waals surface area contributed by atoms with Gasteiger partial charge >= 0.3 is 0 Å². The van der Waals surface area contributed by atoms with Crippen LogP contribution in [0.2, 0.25) is 0 Å². The molecule has 0 saturated carbocycles. The third-order valence-electron chi connectivity index (χ3n) is 4.57. The average molecular weight is 286 g/mol. The van der Waals surface area contributed by atoms with Crippen LogP contribution in [-0.4, -0.2) is 33.7 Å². The summed E-state index contributed by atoms with van der Waals surface area (Å²) in [7, 11) is 0. The Hall–Kier alpha value is -1.46. The van der Waals surface area contributed by atoms with Gasteiger partial charge in [-0.25, -0.2) is 9.97 Å². The average Bonchev–Trinajstić information content (AvgIpc) is 3.17. The molecule has 2 atom stereocenters. The molecule has 4 rings (SSSR count). The molecule has 2 aromatic heterocycles.